The van der Waals surface area contributed by atoms with Crippen LogP contribution in [-0.4, -0.2) is 200 Å². The number of carbonyl (C=O) groups is 7. The standard InChI is InChI=1S/C68H97N11O20S3/c1-9-77-53-26-24-46(101(89,90)91)37-49(53)67(3,4)58(77)20-12-10-13-21-59-68(5,6)50-38-47(102(92,93)94)25-27-54(50)78(59)31-17-11-14-22-60(80)70-28-16-15-19-52(76-63(83)42-73-65(85)51(69)44-100)66(86)74-41-62(82)75-45(2)48-39-56(96-8)57(40-55(48)79(87)88)99-32-18-23-61(81)71-30-34-97-35-36-98-43-64(84)72-29-33-95-7/h10,12-13,20-21,24-27,37-40,45,51-52H,9,11,14-19,22-23,28-36,41-44,69H2,1-8H3,(H9-,70,71,72,73,74,75,76,80,81,82,83,84,85,86,89,90,91,92,93,94,100)/p+1/t45?,51-,52-/m0/s1. The van der Waals surface area contributed by atoms with E-state index in [1.54, 1.807) is 12.1 Å². The van der Waals surface area contributed by atoms with Crippen LogP contribution in [0.5, 0.6) is 11.5 Å². The Bertz CT molecular complexity index is 3820. The van der Waals surface area contributed by atoms with Gasteiger partial charge >= 0.3 is 0 Å². The van der Waals surface area contributed by atoms with Crippen LogP contribution in [0.4, 0.5) is 17.1 Å². The summed E-state index contributed by atoms with van der Waals surface area (Å²) < 4.78 is 97.2. The summed E-state index contributed by atoms with van der Waals surface area (Å²) in [6, 6.07) is 8.32. The number of allylic oxidation sites excluding steroid dienone is 6. The number of nitro groups is 1. The highest BCUT2D eigenvalue weighted by Gasteiger charge is 2.45. The summed E-state index contributed by atoms with van der Waals surface area (Å²) in [5.41, 5.74) is 8.84. The van der Waals surface area contributed by atoms with E-state index in [9.17, 15) is 69.6 Å². The van der Waals surface area contributed by atoms with Gasteiger partial charge < -0.3 is 71.5 Å². The van der Waals surface area contributed by atoms with Crippen LogP contribution in [0.3, 0.4) is 0 Å². The van der Waals surface area contributed by atoms with Crippen molar-refractivity contribution in [3.8, 4) is 11.5 Å². The van der Waals surface area contributed by atoms with Gasteiger partial charge in [0.15, 0.2) is 17.2 Å². The molecular weight excluding hydrogens is 1390 g/mol. The van der Waals surface area contributed by atoms with Crippen molar-refractivity contribution in [3.05, 3.63) is 111 Å². The molecular formula is C68H98N11O20S3+. The number of ether oxygens (including phenoxy) is 5. The summed E-state index contributed by atoms with van der Waals surface area (Å²) in [6.07, 6.45) is 12.5. The Balaban J connectivity index is 1.11. The predicted octanol–water partition coefficient (Wildman–Crippen LogP) is 4.06. The summed E-state index contributed by atoms with van der Waals surface area (Å²) in [4.78, 5) is 103. The van der Waals surface area contributed by atoms with Crippen molar-refractivity contribution in [1.82, 2.24) is 37.2 Å². The maximum atomic E-state index is 13.7. The van der Waals surface area contributed by atoms with Gasteiger partial charge in [-0.15, -0.1) is 0 Å². The fourth-order valence-corrected chi connectivity index (χ4v) is 12.7. The number of thiol groups is 1. The van der Waals surface area contributed by atoms with Crippen LogP contribution in [0.1, 0.15) is 122 Å². The number of carbonyl (C=O) groups excluding carboxylic acids is 7. The lowest BCUT2D eigenvalue weighted by molar-refractivity contribution is -0.438. The molecule has 0 saturated carbocycles. The lowest BCUT2D eigenvalue weighted by atomic mass is 9.81. The molecule has 0 fully saturated rings. The van der Waals surface area contributed by atoms with Crippen LogP contribution < -0.4 is 57.3 Å². The molecule has 2 aliphatic rings. The second-order valence-corrected chi connectivity index (χ2v) is 28.3. The van der Waals surface area contributed by atoms with Crippen LogP contribution in [0.25, 0.3) is 0 Å². The first-order valence-corrected chi connectivity index (χ1v) is 37.0. The van der Waals surface area contributed by atoms with E-state index in [0.717, 1.165) is 34.4 Å². The molecule has 0 aromatic heterocycles. The summed E-state index contributed by atoms with van der Waals surface area (Å²) >= 11 is 4.01. The molecule has 3 aromatic carbocycles. The highest BCUT2D eigenvalue weighted by molar-refractivity contribution is 7.86. The van der Waals surface area contributed by atoms with Crippen LogP contribution in [-0.2, 0) is 78.8 Å². The SMILES string of the molecule is CCN1/C(=C/C=C/C=C/C2=[N+](CCCCCC(=O)NCCCC[C@H](NC(=O)CNC(=O)[C@@H](N)CS)C(=O)NCC(=O)NC(C)c3cc(OC)c(OCCCC(=O)NCCOCCOCC(=O)NCCOC)cc3[N+](=O)[O-])c3ccc(S(=O)(=O)O)cc3C2(C)C)C(C)(C)c2cc(S(=O)(=O)O)ccc21. The van der Waals surface area contributed by atoms with E-state index in [0.29, 0.717) is 63.9 Å². The monoisotopic (exact) mass is 1480 g/mol. The van der Waals surface area contributed by atoms with Gasteiger partial charge in [0.2, 0.25) is 47.0 Å². The fraction of sp³-hybridized carbons (Fsp3) is 0.529. The third-order valence-corrected chi connectivity index (χ3v) is 19.0. The number of methoxy groups -OCH3 is 2. The Hall–Kier alpha value is -8.35. The Kier molecular flexibility index (Phi) is 33.5. The molecule has 31 nitrogen and oxygen atoms in total. The highest BCUT2D eigenvalue weighted by Crippen LogP contribution is 2.48. The summed E-state index contributed by atoms with van der Waals surface area (Å²) in [7, 11) is -6.09. The molecule has 562 valence electrons. The molecule has 34 heteroatoms. The lowest BCUT2D eigenvalue weighted by Gasteiger charge is -2.25. The van der Waals surface area contributed by atoms with Gasteiger partial charge in [-0.05, 0) is 114 Å². The molecule has 0 saturated heterocycles. The van der Waals surface area contributed by atoms with E-state index in [4.69, 9.17) is 29.4 Å². The number of likely N-dealkylation sites (N-methyl/N-ethyl adjacent to an activating group) is 1. The molecule has 3 atom stereocenters. The molecule has 5 rings (SSSR count). The fourth-order valence-electron chi connectivity index (χ4n) is 11.5. The van der Waals surface area contributed by atoms with Crippen molar-refractivity contribution in [2.24, 2.45) is 5.73 Å². The number of rotatable bonds is 45. The number of anilines is 1. The number of unbranched alkanes of at least 4 members (excludes halogenated alkanes) is 3. The molecule has 0 aliphatic carbocycles. The molecule has 11 N–H and O–H groups in total. The van der Waals surface area contributed by atoms with E-state index in [-0.39, 0.29) is 122 Å². The maximum Gasteiger partial charge on any atom is 0.294 e. The first kappa shape index (κ1) is 84.3. The minimum Gasteiger partial charge on any atom is -0.493 e. The Labute approximate surface area is 601 Å². The normalized spacial score (nSPS) is 15.1. The topological polar surface area (TPSA) is 434 Å². The molecule has 0 spiro atoms. The highest BCUT2D eigenvalue weighted by atomic mass is 32.2. The number of fused-ring (bicyclic) bond motifs is 2. The van der Waals surface area contributed by atoms with Gasteiger partial charge in [0.05, 0.1) is 97.1 Å². The minimum atomic E-state index is -4.52. The first-order valence-electron chi connectivity index (χ1n) is 33.5. The number of nitrogens with two attached hydrogens (primary N) is 1. The average Bonchev–Trinajstić information content (AvgIpc) is 1.59. The first-order chi connectivity index (χ1) is 48.3. The Morgan fingerprint density at radius 2 is 1.31 bits per heavy atom. The number of nitrogens with zero attached hydrogens (tertiary/aromatic N) is 3. The van der Waals surface area contributed by atoms with Crippen molar-refractivity contribution in [2.45, 2.75) is 138 Å². The van der Waals surface area contributed by atoms with Crippen LogP contribution in [0.15, 0.2) is 94.4 Å². The van der Waals surface area contributed by atoms with Gasteiger partial charge in [-0.1, -0.05) is 32.1 Å². The number of hydrogen-bond donors (Lipinski definition) is 11. The largest absolute Gasteiger partial charge is 0.493 e. The molecule has 2 heterocycles. The van der Waals surface area contributed by atoms with Crippen LogP contribution in [0, 0.1) is 10.1 Å². The van der Waals surface area contributed by atoms with Gasteiger partial charge in [-0.2, -0.15) is 34.0 Å². The van der Waals surface area contributed by atoms with Gasteiger partial charge in [0, 0.05) is 92.8 Å². The van der Waals surface area contributed by atoms with Crippen molar-refractivity contribution in [2.75, 3.05) is 110 Å². The molecule has 3 aromatic rings. The smallest absolute Gasteiger partial charge is 0.294 e. The second-order valence-electron chi connectivity index (χ2n) is 25.1. The minimum absolute atomic E-state index is 0.00360. The predicted molar refractivity (Wildman–Crippen MR) is 383 cm³/mol. The van der Waals surface area contributed by atoms with Crippen LogP contribution in [0.2, 0.25) is 0 Å². The van der Waals surface area contributed by atoms with Crippen LogP contribution >= 0.6 is 12.6 Å². The summed E-state index contributed by atoms with van der Waals surface area (Å²) in [5.74, 6) is -3.57. The van der Waals surface area contributed by atoms with E-state index in [2.05, 4.69) is 59.3 Å². The molecule has 2 aliphatic heterocycles. The van der Waals surface area contributed by atoms with Crippen molar-refractivity contribution in [3.63, 3.8) is 0 Å². The number of hydrogen-bond acceptors (Lipinski definition) is 21. The third-order valence-electron chi connectivity index (χ3n) is 16.9. The van der Waals surface area contributed by atoms with Gasteiger partial charge in [0.25, 0.3) is 25.9 Å². The molecule has 7 amide bonds. The van der Waals surface area contributed by atoms with E-state index >= 15 is 0 Å². The van der Waals surface area contributed by atoms with E-state index < -0.39 is 96.5 Å². The van der Waals surface area contributed by atoms with Gasteiger partial charge in [-0.25, -0.2) is 0 Å². The zero-order valence-electron chi connectivity index (χ0n) is 58.9. The molecule has 1 unspecified atom stereocenters. The van der Waals surface area contributed by atoms with E-state index in [1.807, 2.05) is 65.0 Å². The third kappa shape index (κ3) is 25.3. The van der Waals surface area contributed by atoms with E-state index in [1.165, 1.54) is 51.5 Å². The number of benzene rings is 3. The van der Waals surface area contributed by atoms with Crippen molar-refractivity contribution in [1.29, 1.82) is 0 Å². The summed E-state index contributed by atoms with van der Waals surface area (Å²) in [5, 5.41) is 30.6. The molecule has 0 radical (unpaired) electrons. The Morgan fingerprint density at radius 1 is 0.686 bits per heavy atom. The lowest BCUT2D eigenvalue weighted by Crippen LogP contribution is -2.52. The summed E-state index contributed by atoms with van der Waals surface area (Å²) in [6.45, 7) is 13.0. The van der Waals surface area contributed by atoms with Gasteiger partial charge in [0.1, 0.15) is 19.2 Å². The number of nitro benzene ring substituents is 1. The Morgan fingerprint density at radius 3 is 1.97 bits per heavy atom. The zero-order chi connectivity index (χ0) is 75.4. The molecule has 102 heavy (non-hydrogen) atoms. The quantitative estimate of drug-likeness (QED) is 0.00723. The maximum absolute atomic E-state index is 13.7. The second kappa shape index (κ2) is 40.5. The van der Waals surface area contributed by atoms with Gasteiger partial charge in [-0.3, -0.25) is 52.8 Å². The number of amides is 7. The molecule has 0 bridgehead atoms. The average molecular weight is 1490 g/mol. The van der Waals surface area contributed by atoms with Crippen molar-refractivity contribution >= 4 is 97.0 Å². The zero-order valence-corrected chi connectivity index (χ0v) is 61.5. The number of nitrogens with one attached hydrogen (secondary N) is 7. The van der Waals surface area contributed by atoms with Crippen molar-refractivity contribution < 1.29 is 92.7 Å².